The summed E-state index contributed by atoms with van der Waals surface area (Å²) in [5.74, 6) is -2.44. The van der Waals surface area contributed by atoms with E-state index in [4.69, 9.17) is 27.9 Å². The Kier molecular flexibility index (Phi) is 4.24. The van der Waals surface area contributed by atoms with Crippen molar-refractivity contribution in [2.45, 2.75) is 10.8 Å². The summed E-state index contributed by atoms with van der Waals surface area (Å²) < 4.78 is 4.13. The van der Waals surface area contributed by atoms with Crippen LogP contribution in [0.2, 0.25) is 0 Å². The minimum Gasteiger partial charge on any atom is -0.461 e. The van der Waals surface area contributed by atoms with Gasteiger partial charge in [-0.2, -0.15) is 0 Å². The van der Waals surface area contributed by atoms with Crippen LogP contribution in [0.1, 0.15) is 48.6 Å². The van der Waals surface area contributed by atoms with E-state index in [1.165, 1.54) is 18.2 Å². The summed E-state index contributed by atoms with van der Waals surface area (Å²) >= 11 is 11.8. The van der Waals surface area contributed by atoms with E-state index in [1.54, 1.807) is 12.1 Å². The number of carbonyl (C=O) groups is 3. The van der Waals surface area contributed by atoms with Gasteiger partial charge >= 0.3 is 5.97 Å². The summed E-state index contributed by atoms with van der Waals surface area (Å²) in [7, 11) is 0. The van der Waals surface area contributed by atoms with Crippen molar-refractivity contribution in [2.24, 2.45) is 5.92 Å². The molecule has 0 bridgehead atoms. The van der Waals surface area contributed by atoms with Gasteiger partial charge in [-0.05, 0) is 18.6 Å². The van der Waals surface area contributed by atoms with Crippen LogP contribution in [0.15, 0.2) is 36.4 Å². The van der Waals surface area contributed by atoms with Gasteiger partial charge in [0.15, 0.2) is 5.78 Å². The summed E-state index contributed by atoms with van der Waals surface area (Å²) in [4.78, 5) is 48.8. The van der Waals surface area contributed by atoms with E-state index in [0.717, 1.165) is 6.07 Å². The van der Waals surface area contributed by atoms with Crippen molar-refractivity contribution in [2.75, 3.05) is 6.61 Å². The maximum absolute atomic E-state index is 12.9. The third kappa shape index (κ3) is 2.87. The Labute approximate surface area is 168 Å². The zero-order valence-corrected chi connectivity index (χ0v) is 15.6. The monoisotopic (exact) mass is 419 g/mol. The van der Waals surface area contributed by atoms with Crippen molar-refractivity contribution >= 4 is 46.4 Å². The van der Waals surface area contributed by atoms with Gasteiger partial charge in [0.2, 0.25) is 5.78 Å². The van der Waals surface area contributed by atoms with E-state index in [9.17, 15) is 24.5 Å². The number of nitro groups is 1. The highest BCUT2D eigenvalue weighted by atomic mass is 35.5. The molecule has 7 nitrogen and oxygen atoms in total. The number of ketones is 2. The minimum absolute atomic E-state index is 0.0562. The van der Waals surface area contributed by atoms with Crippen molar-refractivity contribution in [3.05, 3.63) is 74.3 Å². The largest absolute Gasteiger partial charge is 0.461 e. The highest BCUT2D eigenvalue weighted by Gasteiger charge is 2.52. The summed E-state index contributed by atoms with van der Waals surface area (Å²) in [5, 5.41) is 11.7. The van der Waals surface area contributed by atoms with Crippen LogP contribution in [0.25, 0.3) is 0 Å². The van der Waals surface area contributed by atoms with Gasteiger partial charge in [-0.1, -0.05) is 24.3 Å². The molecule has 2 aromatic carbocycles. The first kappa shape index (κ1) is 18.6. The third-order valence-electron chi connectivity index (χ3n) is 4.84. The molecule has 0 aliphatic heterocycles. The van der Waals surface area contributed by atoms with Gasteiger partial charge < -0.3 is 4.74 Å². The fourth-order valence-electron chi connectivity index (χ4n) is 3.23. The number of hydrogen-bond donors (Lipinski definition) is 0. The number of nitrogens with zero attached hydrogens (tertiary/aromatic N) is 1. The van der Waals surface area contributed by atoms with E-state index in [2.05, 4.69) is 0 Å². The van der Waals surface area contributed by atoms with E-state index in [-0.39, 0.29) is 29.2 Å². The average molecular weight is 420 g/mol. The number of hydrogen-bond acceptors (Lipinski definition) is 6. The average Bonchev–Trinajstić information content (AvgIpc) is 3.29. The molecule has 0 unspecified atom stereocenters. The zero-order chi connectivity index (χ0) is 20.2. The van der Waals surface area contributed by atoms with Crippen LogP contribution in [-0.2, 0) is 4.74 Å². The Balaban J connectivity index is 1.76. The molecular formula is C19H11Cl2NO6. The molecule has 2 aromatic rings. The smallest absolute Gasteiger partial charge is 0.345 e. The van der Waals surface area contributed by atoms with Crippen molar-refractivity contribution in [3.63, 3.8) is 0 Å². The zero-order valence-electron chi connectivity index (χ0n) is 14.1. The molecule has 2 aliphatic carbocycles. The number of fused-ring (bicyclic) bond motifs is 2. The molecule has 1 fully saturated rings. The Morgan fingerprint density at radius 3 is 2.29 bits per heavy atom. The molecule has 28 heavy (non-hydrogen) atoms. The summed E-state index contributed by atoms with van der Waals surface area (Å²) in [6, 6.07) is 8.41. The molecule has 0 N–H and O–H groups in total. The predicted octanol–water partition coefficient (Wildman–Crippen LogP) is 3.72. The number of nitro benzene ring substituents is 1. The van der Waals surface area contributed by atoms with Crippen LogP contribution in [-0.4, -0.2) is 33.4 Å². The lowest BCUT2D eigenvalue weighted by Crippen LogP contribution is -2.24. The second-order valence-corrected chi connectivity index (χ2v) is 8.15. The number of ether oxygens (including phenoxy) is 1. The van der Waals surface area contributed by atoms with Gasteiger partial charge in [0.1, 0.15) is 15.5 Å². The standard InChI is InChI=1S/C19H11Cl2NO6/c20-19(21)7-9(19)8-28-18(25)13-6-5-12-14(15(13)22(26)27)17(24)11-4-2-1-3-10(11)16(12)23/h1-6,9H,7-8H2/t9-/m0/s1. The molecule has 0 amide bonds. The Bertz CT molecular complexity index is 1080. The lowest BCUT2D eigenvalue weighted by Gasteiger charge is -2.18. The minimum atomic E-state index is -0.982. The quantitative estimate of drug-likeness (QED) is 0.276. The van der Waals surface area contributed by atoms with E-state index >= 15 is 0 Å². The summed E-state index contributed by atoms with van der Waals surface area (Å²) in [6.07, 6.45) is 0.444. The highest BCUT2D eigenvalue weighted by molar-refractivity contribution is 6.50. The van der Waals surface area contributed by atoms with Gasteiger partial charge in [-0.25, -0.2) is 4.79 Å². The van der Waals surface area contributed by atoms with E-state index in [1.807, 2.05) is 0 Å². The Hall–Kier alpha value is -2.77. The van der Waals surface area contributed by atoms with Crippen LogP contribution in [0.5, 0.6) is 0 Å². The molecule has 0 aromatic heterocycles. The molecule has 4 rings (SSSR count). The van der Waals surface area contributed by atoms with E-state index < -0.39 is 43.6 Å². The maximum atomic E-state index is 12.9. The molecule has 142 valence electrons. The van der Waals surface area contributed by atoms with E-state index in [0.29, 0.717) is 6.42 Å². The predicted molar refractivity (Wildman–Crippen MR) is 99.2 cm³/mol. The van der Waals surface area contributed by atoms with Crippen LogP contribution in [0, 0.1) is 16.0 Å². The molecule has 2 aliphatic rings. The highest BCUT2D eigenvalue weighted by Crippen LogP contribution is 2.53. The number of halogens is 2. The van der Waals surface area contributed by atoms with Gasteiger partial charge in [0, 0.05) is 22.6 Å². The molecule has 0 radical (unpaired) electrons. The fraction of sp³-hybridized carbons (Fsp3) is 0.211. The molecule has 1 atom stereocenters. The van der Waals surface area contributed by atoms with Gasteiger partial charge in [-0.3, -0.25) is 19.7 Å². The maximum Gasteiger partial charge on any atom is 0.345 e. The van der Waals surface area contributed by atoms with Gasteiger partial charge in [-0.15, -0.1) is 23.2 Å². The first-order chi connectivity index (χ1) is 13.2. The number of rotatable bonds is 4. The second kappa shape index (κ2) is 6.39. The number of benzene rings is 2. The Morgan fingerprint density at radius 1 is 1.11 bits per heavy atom. The molecular weight excluding hydrogens is 409 g/mol. The normalized spacial score (nSPS) is 18.9. The summed E-state index contributed by atoms with van der Waals surface area (Å²) in [5.41, 5.74) is -1.44. The fourth-order valence-corrected chi connectivity index (χ4v) is 3.73. The third-order valence-corrected chi connectivity index (χ3v) is 5.77. The SMILES string of the molecule is O=C1c2ccccc2C(=O)c2c1ccc(C(=O)OC[C@@H]1CC1(Cl)Cl)c2[N+](=O)[O-]. The summed E-state index contributed by atoms with van der Waals surface area (Å²) in [6.45, 7) is -0.101. The molecule has 9 heteroatoms. The number of alkyl halides is 2. The first-order valence-electron chi connectivity index (χ1n) is 8.27. The van der Waals surface area contributed by atoms with Crippen molar-refractivity contribution in [3.8, 4) is 0 Å². The molecule has 0 spiro atoms. The lowest BCUT2D eigenvalue weighted by atomic mass is 9.82. The topological polar surface area (TPSA) is 104 Å². The number of carbonyl (C=O) groups excluding carboxylic acids is 3. The second-order valence-electron chi connectivity index (χ2n) is 6.61. The molecule has 0 heterocycles. The molecule has 1 saturated carbocycles. The van der Waals surface area contributed by atoms with Crippen LogP contribution in [0.4, 0.5) is 5.69 Å². The van der Waals surface area contributed by atoms with Crippen LogP contribution >= 0.6 is 23.2 Å². The van der Waals surface area contributed by atoms with Crippen molar-refractivity contribution in [1.82, 2.24) is 0 Å². The van der Waals surface area contributed by atoms with Crippen molar-refractivity contribution in [1.29, 1.82) is 0 Å². The van der Waals surface area contributed by atoms with Crippen molar-refractivity contribution < 1.29 is 24.0 Å². The van der Waals surface area contributed by atoms with Gasteiger partial charge in [0.05, 0.1) is 11.5 Å². The van der Waals surface area contributed by atoms with Crippen LogP contribution in [0.3, 0.4) is 0 Å². The Morgan fingerprint density at radius 2 is 1.71 bits per heavy atom. The lowest BCUT2D eigenvalue weighted by molar-refractivity contribution is -0.385. The molecule has 0 saturated heterocycles. The van der Waals surface area contributed by atoms with Gasteiger partial charge in [0.25, 0.3) is 5.69 Å². The number of esters is 1. The van der Waals surface area contributed by atoms with Crippen LogP contribution < -0.4 is 0 Å². The first-order valence-corrected chi connectivity index (χ1v) is 9.02.